The van der Waals surface area contributed by atoms with Crippen LogP contribution < -0.4 is 5.43 Å². The second-order valence-corrected chi connectivity index (χ2v) is 6.06. The van der Waals surface area contributed by atoms with Gasteiger partial charge in [0, 0.05) is 28.6 Å². The van der Waals surface area contributed by atoms with E-state index in [2.05, 4.69) is 15.5 Å². The summed E-state index contributed by atoms with van der Waals surface area (Å²) in [6, 6.07) is 13.1. The number of benzene rings is 2. The summed E-state index contributed by atoms with van der Waals surface area (Å²) in [5, 5.41) is 26.9. The lowest BCUT2D eigenvalue weighted by atomic mass is 10.1. The number of hydrazone groups is 1. The van der Waals surface area contributed by atoms with Crippen molar-refractivity contribution in [2.24, 2.45) is 5.10 Å². The van der Waals surface area contributed by atoms with Gasteiger partial charge in [-0.1, -0.05) is 12.1 Å². The molecule has 0 aliphatic carbocycles. The average Bonchev–Trinajstić information content (AvgIpc) is 3.08. The molecule has 0 saturated heterocycles. The SMILES string of the molecule is CC(=NNc1nc(-c2ccc([N+](=O)[O-])cc2)cs1)c1cccc(O)c1. The summed E-state index contributed by atoms with van der Waals surface area (Å²) in [5.41, 5.74) is 5.96. The van der Waals surface area contributed by atoms with Gasteiger partial charge in [0.05, 0.1) is 16.3 Å². The minimum absolute atomic E-state index is 0.0451. The third-order valence-corrected chi connectivity index (χ3v) is 4.21. The molecule has 0 spiro atoms. The van der Waals surface area contributed by atoms with Crippen LogP contribution in [0.1, 0.15) is 12.5 Å². The summed E-state index contributed by atoms with van der Waals surface area (Å²) >= 11 is 1.38. The van der Waals surface area contributed by atoms with E-state index in [-0.39, 0.29) is 11.4 Å². The van der Waals surface area contributed by atoms with Gasteiger partial charge < -0.3 is 5.11 Å². The Kier molecular flexibility index (Phi) is 4.71. The normalized spacial score (nSPS) is 11.3. The molecule has 0 bridgehead atoms. The van der Waals surface area contributed by atoms with E-state index in [1.807, 2.05) is 18.4 Å². The fraction of sp³-hybridized carbons (Fsp3) is 0.0588. The minimum atomic E-state index is -0.434. The Morgan fingerprint density at radius 1 is 1.28 bits per heavy atom. The highest BCUT2D eigenvalue weighted by atomic mass is 32.1. The van der Waals surface area contributed by atoms with E-state index in [1.165, 1.54) is 23.5 Å². The summed E-state index contributed by atoms with van der Waals surface area (Å²) < 4.78 is 0. The molecule has 0 aliphatic heterocycles. The predicted octanol–water partition coefficient (Wildman–Crippen LogP) is 4.26. The molecule has 0 aliphatic rings. The molecule has 0 unspecified atom stereocenters. The third-order valence-electron chi connectivity index (χ3n) is 3.46. The van der Waals surface area contributed by atoms with Gasteiger partial charge >= 0.3 is 0 Å². The minimum Gasteiger partial charge on any atom is -0.508 e. The Hall–Kier alpha value is -3.26. The molecule has 0 radical (unpaired) electrons. The van der Waals surface area contributed by atoms with E-state index in [0.29, 0.717) is 16.5 Å². The highest BCUT2D eigenvalue weighted by molar-refractivity contribution is 7.14. The summed E-state index contributed by atoms with van der Waals surface area (Å²) in [4.78, 5) is 14.7. The summed E-state index contributed by atoms with van der Waals surface area (Å²) in [5.74, 6) is 0.182. The van der Waals surface area contributed by atoms with Crippen molar-refractivity contribution >= 4 is 27.9 Å². The van der Waals surface area contributed by atoms with Crippen LogP contribution in [0.25, 0.3) is 11.3 Å². The third kappa shape index (κ3) is 3.99. The number of thiazole rings is 1. The fourth-order valence-corrected chi connectivity index (χ4v) is 2.80. The number of rotatable bonds is 5. The topological polar surface area (TPSA) is 101 Å². The van der Waals surface area contributed by atoms with Gasteiger partial charge in [0.25, 0.3) is 5.69 Å². The van der Waals surface area contributed by atoms with Crippen molar-refractivity contribution in [3.05, 3.63) is 69.6 Å². The number of anilines is 1. The zero-order valence-electron chi connectivity index (χ0n) is 13.2. The van der Waals surface area contributed by atoms with Crippen molar-refractivity contribution in [3.63, 3.8) is 0 Å². The number of nitro groups is 1. The maximum Gasteiger partial charge on any atom is 0.269 e. The molecule has 1 aromatic heterocycles. The Morgan fingerprint density at radius 2 is 2.04 bits per heavy atom. The molecule has 3 rings (SSSR count). The Labute approximate surface area is 147 Å². The number of hydrogen-bond donors (Lipinski definition) is 2. The van der Waals surface area contributed by atoms with Crippen molar-refractivity contribution in [3.8, 4) is 17.0 Å². The largest absolute Gasteiger partial charge is 0.508 e. The smallest absolute Gasteiger partial charge is 0.269 e. The lowest BCUT2D eigenvalue weighted by Gasteiger charge is -2.02. The van der Waals surface area contributed by atoms with Gasteiger partial charge in [0.1, 0.15) is 5.75 Å². The summed E-state index contributed by atoms with van der Waals surface area (Å²) in [7, 11) is 0. The van der Waals surface area contributed by atoms with Crippen molar-refractivity contribution in [1.29, 1.82) is 0 Å². The van der Waals surface area contributed by atoms with Gasteiger partial charge in [-0.3, -0.25) is 15.5 Å². The number of nitrogens with zero attached hydrogens (tertiary/aromatic N) is 3. The van der Waals surface area contributed by atoms with Crippen molar-refractivity contribution in [2.75, 3.05) is 5.43 Å². The van der Waals surface area contributed by atoms with Gasteiger partial charge in [-0.25, -0.2) is 4.98 Å². The highest BCUT2D eigenvalue weighted by Gasteiger charge is 2.08. The first kappa shape index (κ1) is 16.6. The number of aromatic nitrogens is 1. The molecular weight excluding hydrogens is 340 g/mol. The lowest BCUT2D eigenvalue weighted by molar-refractivity contribution is -0.384. The van der Waals surface area contributed by atoms with Crippen LogP contribution in [-0.2, 0) is 0 Å². The molecular formula is C17H14N4O3S. The first-order valence-corrected chi connectivity index (χ1v) is 8.21. The second-order valence-electron chi connectivity index (χ2n) is 5.20. The quantitative estimate of drug-likeness (QED) is 0.405. The average molecular weight is 354 g/mol. The Morgan fingerprint density at radius 3 is 2.72 bits per heavy atom. The van der Waals surface area contributed by atoms with Crippen molar-refractivity contribution in [1.82, 2.24) is 4.98 Å². The van der Waals surface area contributed by atoms with Crippen LogP contribution in [0.15, 0.2) is 59.0 Å². The van der Waals surface area contributed by atoms with E-state index in [0.717, 1.165) is 11.1 Å². The number of hydrogen-bond acceptors (Lipinski definition) is 7. The van der Waals surface area contributed by atoms with Gasteiger partial charge in [-0.05, 0) is 31.2 Å². The molecule has 0 amide bonds. The molecule has 1 heterocycles. The molecule has 7 nitrogen and oxygen atoms in total. The molecule has 126 valence electrons. The van der Waals surface area contributed by atoms with Crippen molar-refractivity contribution in [2.45, 2.75) is 6.92 Å². The van der Waals surface area contributed by atoms with E-state index in [9.17, 15) is 15.2 Å². The van der Waals surface area contributed by atoms with Crippen LogP contribution >= 0.6 is 11.3 Å². The van der Waals surface area contributed by atoms with E-state index in [4.69, 9.17) is 0 Å². The molecule has 2 N–H and O–H groups in total. The first-order valence-electron chi connectivity index (χ1n) is 7.33. The van der Waals surface area contributed by atoms with E-state index in [1.54, 1.807) is 30.3 Å². The molecule has 25 heavy (non-hydrogen) atoms. The van der Waals surface area contributed by atoms with E-state index >= 15 is 0 Å². The standard InChI is InChI=1S/C17H14N4O3S/c1-11(13-3-2-4-15(22)9-13)19-20-17-18-16(10-25-17)12-5-7-14(8-6-12)21(23)24/h2-10,22H,1H3,(H,18,20). The van der Waals surface area contributed by atoms with Crippen LogP contribution in [0.4, 0.5) is 10.8 Å². The van der Waals surface area contributed by atoms with Gasteiger partial charge in [0.15, 0.2) is 0 Å². The van der Waals surface area contributed by atoms with Crippen LogP contribution in [-0.4, -0.2) is 20.7 Å². The number of phenolic OH excluding ortho intramolecular Hbond substituents is 1. The molecule has 8 heteroatoms. The monoisotopic (exact) mass is 354 g/mol. The number of phenols is 1. The van der Waals surface area contributed by atoms with Gasteiger partial charge in [-0.15, -0.1) is 11.3 Å². The van der Waals surface area contributed by atoms with Gasteiger partial charge in [-0.2, -0.15) is 5.10 Å². The second kappa shape index (κ2) is 7.10. The number of nitro benzene ring substituents is 1. The zero-order valence-corrected chi connectivity index (χ0v) is 14.0. The van der Waals surface area contributed by atoms with Crippen LogP contribution in [0, 0.1) is 10.1 Å². The summed E-state index contributed by atoms with van der Waals surface area (Å²) in [6.45, 7) is 1.83. The number of aromatic hydroxyl groups is 1. The van der Waals surface area contributed by atoms with Crippen LogP contribution in [0.3, 0.4) is 0 Å². The molecule has 2 aromatic carbocycles. The van der Waals surface area contributed by atoms with Crippen LogP contribution in [0.2, 0.25) is 0 Å². The first-order chi connectivity index (χ1) is 12.0. The van der Waals surface area contributed by atoms with E-state index < -0.39 is 4.92 Å². The fourth-order valence-electron chi connectivity index (χ4n) is 2.14. The molecule has 0 atom stereocenters. The maximum atomic E-state index is 10.7. The summed E-state index contributed by atoms with van der Waals surface area (Å²) in [6.07, 6.45) is 0. The number of nitrogens with one attached hydrogen (secondary N) is 1. The Bertz CT molecular complexity index is 935. The predicted molar refractivity (Wildman–Crippen MR) is 98.1 cm³/mol. The maximum absolute atomic E-state index is 10.7. The Balaban J connectivity index is 1.73. The lowest BCUT2D eigenvalue weighted by Crippen LogP contribution is -1.99. The zero-order chi connectivity index (χ0) is 17.8. The molecule has 0 fully saturated rings. The molecule has 0 saturated carbocycles. The number of non-ortho nitro benzene ring substituents is 1. The highest BCUT2D eigenvalue weighted by Crippen LogP contribution is 2.26. The van der Waals surface area contributed by atoms with Gasteiger partial charge in [0.2, 0.25) is 5.13 Å². The van der Waals surface area contributed by atoms with Crippen LogP contribution in [0.5, 0.6) is 5.75 Å². The molecule has 3 aromatic rings. The van der Waals surface area contributed by atoms with Crippen molar-refractivity contribution < 1.29 is 10.0 Å².